The van der Waals surface area contributed by atoms with E-state index in [1.807, 2.05) is 53.7 Å². The van der Waals surface area contributed by atoms with E-state index in [1.54, 1.807) is 85.8 Å². The molecule has 0 fully saturated rings. The number of allylic oxidation sites excluding steroid dienone is 1. The summed E-state index contributed by atoms with van der Waals surface area (Å²) in [7, 11) is 0. The van der Waals surface area contributed by atoms with E-state index in [2.05, 4.69) is 6.58 Å². The molecular formula is C37H50O8. The number of aromatic carboxylic acids is 1. The summed E-state index contributed by atoms with van der Waals surface area (Å²) in [6.07, 6.45) is -0.286. The lowest BCUT2D eigenvalue weighted by Crippen LogP contribution is -2.36. The van der Waals surface area contributed by atoms with Gasteiger partial charge in [-0.1, -0.05) is 87.9 Å². The van der Waals surface area contributed by atoms with E-state index in [1.165, 1.54) is 5.57 Å². The zero-order valence-electron chi connectivity index (χ0n) is 27.6. The van der Waals surface area contributed by atoms with Crippen LogP contribution in [0.25, 0.3) is 0 Å². The molecule has 3 rings (SSSR count). The Labute approximate surface area is 268 Å². The topological polar surface area (TPSA) is 130 Å². The highest BCUT2D eigenvalue weighted by molar-refractivity contribution is 5.90. The fourth-order valence-electron chi connectivity index (χ4n) is 3.44. The van der Waals surface area contributed by atoms with Gasteiger partial charge in [0.05, 0.1) is 36.0 Å². The van der Waals surface area contributed by atoms with Gasteiger partial charge in [-0.15, -0.1) is 6.58 Å². The highest BCUT2D eigenvalue weighted by atomic mass is 16.6. The minimum atomic E-state index is -0.879. The maximum absolute atomic E-state index is 11.8. The minimum Gasteiger partial charge on any atom is -0.478 e. The Balaban J connectivity index is 0.000000695. The Bertz CT molecular complexity index is 1250. The van der Waals surface area contributed by atoms with Crippen molar-refractivity contribution in [3.8, 4) is 0 Å². The van der Waals surface area contributed by atoms with Crippen molar-refractivity contribution in [1.82, 2.24) is 0 Å². The summed E-state index contributed by atoms with van der Waals surface area (Å²) in [6, 6.07) is 25.9. The number of aliphatic hydroxyl groups is 2. The third-order valence-corrected chi connectivity index (χ3v) is 5.95. The van der Waals surface area contributed by atoms with E-state index >= 15 is 0 Å². The summed E-state index contributed by atoms with van der Waals surface area (Å²) in [4.78, 5) is 33.8. The Morgan fingerprint density at radius 2 is 1.13 bits per heavy atom. The molecule has 45 heavy (non-hydrogen) atoms. The Morgan fingerprint density at radius 1 is 0.756 bits per heavy atom. The van der Waals surface area contributed by atoms with Gasteiger partial charge in [-0.2, -0.15) is 0 Å². The van der Waals surface area contributed by atoms with Gasteiger partial charge < -0.3 is 24.8 Å². The van der Waals surface area contributed by atoms with Crippen LogP contribution < -0.4 is 0 Å². The van der Waals surface area contributed by atoms with Crippen LogP contribution in [0.3, 0.4) is 0 Å². The van der Waals surface area contributed by atoms with Crippen LogP contribution in [0.1, 0.15) is 86.0 Å². The van der Waals surface area contributed by atoms with E-state index in [4.69, 9.17) is 19.7 Å². The molecule has 3 N–H and O–H groups in total. The number of rotatable bonds is 10. The molecule has 0 aliphatic carbocycles. The Hall–Kier alpha value is -4.27. The molecule has 0 saturated heterocycles. The number of esters is 2. The Morgan fingerprint density at radius 3 is 1.44 bits per heavy atom. The number of aliphatic hydroxyl groups excluding tert-OH is 2. The second-order valence-electron chi connectivity index (χ2n) is 11.6. The predicted octanol–water partition coefficient (Wildman–Crippen LogP) is 7.47. The first kappa shape index (κ1) is 40.7. The van der Waals surface area contributed by atoms with Crippen LogP contribution in [0.5, 0.6) is 0 Å². The minimum absolute atomic E-state index is 0.0341. The summed E-state index contributed by atoms with van der Waals surface area (Å²) in [6.45, 7) is 17.1. The first-order valence-corrected chi connectivity index (χ1v) is 14.8. The van der Waals surface area contributed by atoms with Crippen molar-refractivity contribution < 1.29 is 39.2 Å². The van der Waals surface area contributed by atoms with E-state index in [9.17, 15) is 19.5 Å². The molecule has 8 heteroatoms. The van der Waals surface area contributed by atoms with Gasteiger partial charge in [0.2, 0.25) is 0 Å². The maximum Gasteiger partial charge on any atom is 0.338 e. The van der Waals surface area contributed by atoms with E-state index < -0.39 is 12.1 Å². The number of hydrogen-bond acceptors (Lipinski definition) is 7. The highest BCUT2D eigenvalue weighted by Gasteiger charge is 2.29. The van der Waals surface area contributed by atoms with Crippen LogP contribution in [0.15, 0.2) is 103 Å². The molecule has 0 saturated carbocycles. The number of carboxylic acid groups (broad SMARTS) is 1. The van der Waals surface area contributed by atoms with E-state index in [0.717, 1.165) is 0 Å². The SMILES string of the molecule is C=C(C)C.CC(C)C(O)C(C)(C)CO.CC(CCOC(=O)c1ccccc1)OC(=O)c1ccccc1.O=C(O)c1ccccc1. The first-order chi connectivity index (χ1) is 21.1. The van der Waals surface area contributed by atoms with E-state index in [-0.39, 0.29) is 42.6 Å². The lowest BCUT2D eigenvalue weighted by molar-refractivity contribution is -0.0204. The molecule has 0 aliphatic rings. The van der Waals surface area contributed by atoms with E-state index in [0.29, 0.717) is 23.1 Å². The van der Waals surface area contributed by atoms with Crippen molar-refractivity contribution in [2.75, 3.05) is 13.2 Å². The second-order valence-corrected chi connectivity index (χ2v) is 11.6. The van der Waals surface area contributed by atoms with Crippen molar-refractivity contribution in [2.24, 2.45) is 11.3 Å². The molecule has 0 spiro atoms. The van der Waals surface area contributed by atoms with Crippen LogP contribution in [0.4, 0.5) is 0 Å². The average Bonchev–Trinajstić information content (AvgIpc) is 3.02. The summed E-state index contributed by atoms with van der Waals surface area (Å²) < 4.78 is 10.4. The van der Waals surface area contributed by atoms with Crippen LogP contribution in [0.2, 0.25) is 0 Å². The van der Waals surface area contributed by atoms with Crippen molar-refractivity contribution in [2.45, 2.75) is 67.1 Å². The Kier molecular flexibility index (Phi) is 20.2. The van der Waals surface area contributed by atoms with Crippen molar-refractivity contribution in [1.29, 1.82) is 0 Å². The van der Waals surface area contributed by atoms with Crippen LogP contribution >= 0.6 is 0 Å². The van der Waals surface area contributed by atoms with Gasteiger partial charge in [-0.3, -0.25) is 0 Å². The lowest BCUT2D eigenvalue weighted by Gasteiger charge is -2.30. The lowest BCUT2D eigenvalue weighted by atomic mass is 9.82. The van der Waals surface area contributed by atoms with Crippen LogP contribution in [0, 0.1) is 11.3 Å². The molecule has 2 unspecified atom stereocenters. The zero-order chi connectivity index (χ0) is 34.4. The third kappa shape index (κ3) is 18.9. The van der Waals surface area contributed by atoms with Gasteiger partial charge in [-0.05, 0) is 63.1 Å². The van der Waals surface area contributed by atoms with Gasteiger partial charge in [-0.25, -0.2) is 14.4 Å². The standard InChI is InChI=1S/C18H18O4.C8H18O2.C7H6O2.C4H8/c1-14(22-18(20)16-10-6-3-7-11-16)12-13-21-17(19)15-8-4-2-5-9-15;1-6(2)7(10)8(3,4)5-9;8-7(9)6-4-2-1-3-5-6;1-4(2)3/h2-11,14H,12-13H2,1H3;6-7,9-10H,5H2,1-4H3;1-5H,(H,8,9);1H2,2-3H3. The number of carboxylic acids is 1. The molecule has 0 heterocycles. The monoisotopic (exact) mass is 622 g/mol. The fraction of sp³-hybridized carbons (Fsp3) is 0.378. The molecule has 3 aromatic rings. The number of carbonyl (C=O) groups is 3. The van der Waals surface area contributed by atoms with Gasteiger partial charge in [0.15, 0.2) is 0 Å². The molecule has 0 radical (unpaired) electrons. The van der Waals surface area contributed by atoms with Gasteiger partial charge in [0.1, 0.15) is 6.10 Å². The molecular weight excluding hydrogens is 572 g/mol. The molecule has 3 aromatic carbocycles. The highest BCUT2D eigenvalue weighted by Crippen LogP contribution is 2.24. The summed E-state index contributed by atoms with van der Waals surface area (Å²) >= 11 is 0. The maximum atomic E-state index is 11.8. The number of ether oxygens (including phenoxy) is 2. The fourth-order valence-corrected chi connectivity index (χ4v) is 3.44. The third-order valence-electron chi connectivity index (χ3n) is 5.95. The summed E-state index contributed by atoms with van der Waals surface area (Å²) in [5.41, 5.74) is 2.15. The van der Waals surface area contributed by atoms with Crippen molar-refractivity contribution in [3.05, 3.63) is 120 Å². The average molecular weight is 623 g/mol. The zero-order valence-corrected chi connectivity index (χ0v) is 27.6. The van der Waals surface area contributed by atoms with Crippen LogP contribution in [-0.4, -0.2) is 58.6 Å². The number of hydrogen-bond donors (Lipinski definition) is 3. The summed E-state index contributed by atoms with van der Waals surface area (Å²) in [5, 5.41) is 26.7. The van der Waals surface area contributed by atoms with Gasteiger partial charge in [0, 0.05) is 11.8 Å². The normalized spacial score (nSPS) is 11.5. The van der Waals surface area contributed by atoms with Crippen LogP contribution in [-0.2, 0) is 9.47 Å². The molecule has 8 nitrogen and oxygen atoms in total. The molecule has 246 valence electrons. The molecule has 0 bridgehead atoms. The second kappa shape index (κ2) is 22.3. The quantitative estimate of drug-likeness (QED) is 0.157. The molecule has 0 aromatic heterocycles. The first-order valence-electron chi connectivity index (χ1n) is 14.8. The van der Waals surface area contributed by atoms with Crippen molar-refractivity contribution in [3.63, 3.8) is 0 Å². The molecule has 0 amide bonds. The predicted molar refractivity (Wildman–Crippen MR) is 178 cm³/mol. The number of carbonyl (C=O) groups excluding carboxylic acids is 2. The number of benzene rings is 3. The van der Waals surface area contributed by atoms with Crippen molar-refractivity contribution >= 4 is 17.9 Å². The summed E-state index contributed by atoms with van der Waals surface area (Å²) in [5.74, 6) is -1.41. The molecule has 2 atom stereocenters. The smallest absolute Gasteiger partial charge is 0.338 e. The van der Waals surface area contributed by atoms with Gasteiger partial charge >= 0.3 is 17.9 Å². The molecule has 0 aliphatic heterocycles. The largest absolute Gasteiger partial charge is 0.478 e. The van der Waals surface area contributed by atoms with Gasteiger partial charge in [0.25, 0.3) is 0 Å².